The zero-order chi connectivity index (χ0) is 14.8. The molecule has 0 rings (SSSR count). The summed E-state index contributed by atoms with van der Waals surface area (Å²) in [4.78, 5) is 10.1. The second-order valence-corrected chi connectivity index (χ2v) is 4.32. The average molecular weight is 278 g/mol. The summed E-state index contributed by atoms with van der Waals surface area (Å²) in [5.74, 6) is -0.663. The number of rotatable bonds is 12. The van der Waals surface area contributed by atoms with E-state index in [0.29, 0.717) is 19.6 Å². The lowest BCUT2D eigenvalue weighted by atomic mass is 10.1. The van der Waals surface area contributed by atoms with Crippen LogP contribution in [0.4, 0.5) is 0 Å². The Balaban J connectivity index is 0. The topological polar surface area (TPSA) is 87.0 Å². The van der Waals surface area contributed by atoms with Crippen LogP contribution in [0.1, 0.15) is 58.3 Å². The molecular formula is C14H30O5. The Morgan fingerprint density at radius 3 is 1.79 bits per heavy atom. The Morgan fingerprint density at radius 2 is 1.37 bits per heavy atom. The van der Waals surface area contributed by atoms with Gasteiger partial charge in [-0.15, -0.1) is 0 Å². The van der Waals surface area contributed by atoms with E-state index in [4.69, 9.17) is 15.3 Å². The van der Waals surface area contributed by atoms with Crippen LogP contribution in [0.3, 0.4) is 0 Å². The molecule has 0 aromatic rings. The number of aliphatic hydroxyl groups is 2. The van der Waals surface area contributed by atoms with E-state index in [1.165, 1.54) is 32.1 Å². The van der Waals surface area contributed by atoms with Gasteiger partial charge in [0.05, 0.1) is 26.4 Å². The van der Waals surface area contributed by atoms with E-state index in [-0.39, 0.29) is 13.2 Å². The molecule has 0 heterocycles. The van der Waals surface area contributed by atoms with Gasteiger partial charge in [-0.2, -0.15) is 0 Å². The van der Waals surface area contributed by atoms with Crippen LogP contribution in [0.15, 0.2) is 0 Å². The van der Waals surface area contributed by atoms with Gasteiger partial charge in [-0.05, 0) is 6.42 Å². The Kier molecular flexibility index (Phi) is 21.4. The molecule has 0 fully saturated rings. The van der Waals surface area contributed by atoms with E-state index in [9.17, 15) is 4.79 Å². The van der Waals surface area contributed by atoms with Crippen molar-refractivity contribution in [1.29, 1.82) is 0 Å². The summed E-state index contributed by atoms with van der Waals surface area (Å²) >= 11 is 0. The lowest BCUT2D eigenvalue weighted by molar-refractivity contribution is -0.137. The Hall–Kier alpha value is -0.650. The highest BCUT2D eigenvalue weighted by atomic mass is 16.5. The molecule has 3 N–H and O–H groups in total. The van der Waals surface area contributed by atoms with Crippen molar-refractivity contribution < 1.29 is 24.9 Å². The molecule has 0 aliphatic heterocycles. The second kappa shape index (κ2) is 19.7. The number of hydrogen-bond donors (Lipinski definition) is 3. The number of aliphatic carboxylic acids is 1. The van der Waals surface area contributed by atoms with Gasteiger partial charge in [-0.1, -0.05) is 45.4 Å². The molecule has 0 aliphatic rings. The number of carboxylic acids is 1. The third-order valence-corrected chi connectivity index (χ3v) is 2.47. The molecule has 0 aliphatic carbocycles. The molecule has 0 saturated heterocycles. The molecular weight excluding hydrogens is 248 g/mol. The van der Waals surface area contributed by atoms with Crippen LogP contribution in [-0.2, 0) is 9.53 Å². The Labute approximate surface area is 116 Å². The molecule has 0 bridgehead atoms. The standard InChI is InChI=1S/C10H20O2.C4H10O3/c1-2-3-4-5-6-7-8-9-10(11)12;5-1-3-7-4-2-6/h2-9H2,1H3,(H,11,12);5-6H,1-4H2. The molecule has 0 aromatic heterocycles. The molecule has 0 aromatic carbocycles. The lowest BCUT2D eigenvalue weighted by Gasteiger charge is -1.98. The van der Waals surface area contributed by atoms with E-state index >= 15 is 0 Å². The summed E-state index contributed by atoms with van der Waals surface area (Å²) in [6, 6.07) is 0. The Morgan fingerprint density at radius 1 is 0.895 bits per heavy atom. The van der Waals surface area contributed by atoms with Gasteiger partial charge in [-0.25, -0.2) is 0 Å². The quantitative estimate of drug-likeness (QED) is 0.476. The zero-order valence-corrected chi connectivity index (χ0v) is 12.1. The normalized spacial score (nSPS) is 9.84. The minimum Gasteiger partial charge on any atom is -0.481 e. The van der Waals surface area contributed by atoms with Crippen molar-refractivity contribution in [2.45, 2.75) is 58.3 Å². The minimum absolute atomic E-state index is 0.0278. The van der Waals surface area contributed by atoms with Gasteiger partial charge in [0.1, 0.15) is 0 Å². The highest BCUT2D eigenvalue weighted by Gasteiger charge is 1.95. The van der Waals surface area contributed by atoms with Gasteiger partial charge in [0.2, 0.25) is 0 Å². The maximum atomic E-state index is 10.1. The molecule has 0 amide bonds. The fourth-order valence-corrected chi connectivity index (χ4v) is 1.46. The van der Waals surface area contributed by atoms with Crippen molar-refractivity contribution in [3.8, 4) is 0 Å². The number of carbonyl (C=O) groups is 1. The van der Waals surface area contributed by atoms with Crippen molar-refractivity contribution in [2.75, 3.05) is 26.4 Å². The third-order valence-electron chi connectivity index (χ3n) is 2.47. The molecule has 0 radical (unpaired) electrons. The SMILES string of the molecule is CCCCCCCCCC(=O)O.OCCOCCO. The van der Waals surface area contributed by atoms with E-state index in [1.54, 1.807) is 0 Å². The largest absolute Gasteiger partial charge is 0.481 e. The van der Waals surface area contributed by atoms with Gasteiger partial charge in [0.25, 0.3) is 0 Å². The van der Waals surface area contributed by atoms with E-state index in [1.807, 2.05) is 0 Å². The number of aliphatic hydroxyl groups excluding tert-OH is 2. The average Bonchev–Trinajstić information content (AvgIpc) is 2.39. The molecule has 5 nitrogen and oxygen atoms in total. The maximum Gasteiger partial charge on any atom is 0.303 e. The Bertz CT molecular complexity index is 169. The predicted molar refractivity (Wildman–Crippen MR) is 75.2 cm³/mol. The smallest absolute Gasteiger partial charge is 0.303 e. The van der Waals surface area contributed by atoms with Crippen LogP contribution < -0.4 is 0 Å². The number of unbranched alkanes of at least 4 members (excludes halogenated alkanes) is 6. The maximum absolute atomic E-state index is 10.1. The molecule has 5 heteroatoms. The summed E-state index contributed by atoms with van der Waals surface area (Å²) < 4.78 is 4.63. The first kappa shape index (κ1) is 20.7. The van der Waals surface area contributed by atoms with Crippen LogP contribution in [0.5, 0.6) is 0 Å². The molecule has 0 spiro atoms. The summed E-state index contributed by atoms with van der Waals surface area (Å²) in [6.07, 6.45) is 8.64. The summed E-state index contributed by atoms with van der Waals surface area (Å²) in [5.41, 5.74) is 0. The van der Waals surface area contributed by atoms with E-state index in [2.05, 4.69) is 11.7 Å². The zero-order valence-electron chi connectivity index (χ0n) is 12.1. The number of carboxylic acid groups (broad SMARTS) is 1. The first-order valence-electron chi connectivity index (χ1n) is 7.20. The van der Waals surface area contributed by atoms with Crippen molar-refractivity contribution in [1.82, 2.24) is 0 Å². The number of hydrogen-bond acceptors (Lipinski definition) is 4. The molecule has 0 unspecified atom stereocenters. The molecule has 116 valence electrons. The lowest BCUT2D eigenvalue weighted by Crippen LogP contribution is -2.03. The van der Waals surface area contributed by atoms with Gasteiger partial charge in [0, 0.05) is 6.42 Å². The van der Waals surface area contributed by atoms with E-state index < -0.39 is 5.97 Å². The highest BCUT2D eigenvalue weighted by molar-refractivity contribution is 5.66. The summed E-state index contributed by atoms with van der Waals surface area (Å²) in [5, 5.41) is 24.5. The molecule has 19 heavy (non-hydrogen) atoms. The van der Waals surface area contributed by atoms with Gasteiger partial charge in [-0.3, -0.25) is 4.79 Å². The van der Waals surface area contributed by atoms with Crippen molar-refractivity contribution in [3.05, 3.63) is 0 Å². The van der Waals surface area contributed by atoms with Gasteiger partial charge < -0.3 is 20.1 Å². The fourth-order valence-electron chi connectivity index (χ4n) is 1.46. The first-order valence-corrected chi connectivity index (χ1v) is 7.20. The third kappa shape index (κ3) is 26.8. The van der Waals surface area contributed by atoms with Crippen LogP contribution in [0.25, 0.3) is 0 Å². The van der Waals surface area contributed by atoms with Crippen LogP contribution in [0, 0.1) is 0 Å². The fraction of sp³-hybridized carbons (Fsp3) is 0.929. The highest BCUT2D eigenvalue weighted by Crippen LogP contribution is 2.07. The van der Waals surface area contributed by atoms with Crippen molar-refractivity contribution in [2.24, 2.45) is 0 Å². The molecule has 0 atom stereocenters. The monoisotopic (exact) mass is 278 g/mol. The van der Waals surface area contributed by atoms with Crippen LogP contribution >= 0.6 is 0 Å². The van der Waals surface area contributed by atoms with Crippen LogP contribution in [-0.4, -0.2) is 47.7 Å². The number of ether oxygens (including phenoxy) is 1. The second-order valence-electron chi connectivity index (χ2n) is 4.32. The van der Waals surface area contributed by atoms with Crippen molar-refractivity contribution >= 4 is 5.97 Å². The van der Waals surface area contributed by atoms with Crippen molar-refractivity contribution in [3.63, 3.8) is 0 Å². The molecule has 0 saturated carbocycles. The first-order chi connectivity index (χ1) is 9.18. The van der Waals surface area contributed by atoms with Gasteiger partial charge >= 0.3 is 5.97 Å². The summed E-state index contributed by atoms with van der Waals surface area (Å²) in [6.45, 7) is 2.89. The van der Waals surface area contributed by atoms with E-state index in [0.717, 1.165) is 12.8 Å². The van der Waals surface area contributed by atoms with Crippen LogP contribution in [0.2, 0.25) is 0 Å². The minimum atomic E-state index is -0.663. The van der Waals surface area contributed by atoms with Gasteiger partial charge in [0.15, 0.2) is 0 Å². The summed E-state index contributed by atoms with van der Waals surface area (Å²) in [7, 11) is 0. The predicted octanol–water partition coefficient (Wildman–Crippen LogP) is 2.20.